The average Bonchev–Trinajstić information content (AvgIpc) is 2.94. The molecule has 4 rings (SSSR count). The van der Waals surface area contributed by atoms with Gasteiger partial charge in [0.2, 0.25) is 0 Å². The molecular formula is C18H20N2O2. The van der Waals surface area contributed by atoms with E-state index in [0.717, 1.165) is 22.3 Å². The Hall–Kier alpha value is -1.72. The molecule has 0 aliphatic heterocycles. The van der Waals surface area contributed by atoms with E-state index in [1.165, 1.54) is 0 Å². The maximum atomic E-state index is 11.0. The van der Waals surface area contributed by atoms with E-state index >= 15 is 0 Å². The third-order valence-corrected chi connectivity index (χ3v) is 4.93. The number of nitrogens with one attached hydrogen (secondary N) is 1. The van der Waals surface area contributed by atoms with Crippen molar-refractivity contribution in [2.45, 2.75) is 36.8 Å². The summed E-state index contributed by atoms with van der Waals surface area (Å²) in [6.45, 7) is 0. The number of nitrogens with two attached hydrogens (primary N) is 1. The standard InChI is InChI=1S/C18H20N2O2/c19-18(15-8-4-3-5-12(15)9-16(18)21)20-17(22)10-13-6-1-2-7-14(13)11-17/h1-8,16,20-22H,9-11,19H2/t16-,18+/m0/s1. The van der Waals surface area contributed by atoms with E-state index in [-0.39, 0.29) is 0 Å². The van der Waals surface area contributed by atoms with Crippen LogP contribution >= 0.6 is 0 Å². The Balaban J connectivity index is 1.67. The second kappa shape index (κ2) is 4.64. The number of hydrogen-bond donors (Lipinski definition) is 4. The summed E-state index contributed by atoms with van der Waals surface area (Å²) in [7, 11) is 0. The van der Waals surface area contributed by atoms with Gasteiger partial charge in [0.25, 0.3) is 0 Å². The summed E-state index contributed by atoms with van der Waals surface area (Å²) in [5.41, 5.74) is 8.40. The van der Waals surface area contributed by atoms with Crippen LogP contribution in [0.2, 0.25) is 0 Å². The number of aliphatic hydroxyl groups is 2. The van der Waals surface area contributed by atoms with Gasteiger partial charge < -0.3 is 15.9 Å². The number of benzene rings is 2. The van der Waals surface area contributed by atoms with Crippen molar-refractivity contribution in [3.63, 3.8) is 0 Å². The van der Waals surface area contributed by atoms with Crippen LogP contribution < -0.4 is 11.1 Å². The zero-order chi connectivity index (χ0) is 15.4. The third-order valence-electron chi connectivity index (χ3n) is 4.93. The van der Waals surface area contributed by atoms with Crippen LogP contribution in [0.15, 0.2) is 48.5 Å². The van der Waals surface area contributed by atoms with E-state index in [1.807, 2.05) is 48.5 Å². The molecule has 2 atom stereocenters. The van der Waals surface area contributed by atoms with Crippen LogP contribution in [0.1, 0.15) is 22.3 Å². The Bertz CT molecular complexity index is 706. The van der Waals surface area contributed by atoms with Gasteiger partial charge in [0.05, 0.1) is 6.10 Å². The maximum Gasteiger partial charge on any atom is 0.125 e. The van der Waals surface area contributed by atoms with Crippen molar-refractivity contribution in [1.29, 1.82) is 0 Å². The molecule has 0 aromatic heterocycles. The number of fused-ring (bicyclic) bond motifs is 2. The minimum atomic E-state index is -1.13. The van der Waals surface area contributed by atoms with E-state index in [1.54, 1.807) is 0 Å². The summed E-state index contributed by atoms with van der Waals surface area (Å²) >= 11 is 0. The molecule has 22 heavy (non-hydrogen) atoms. The first kappa shape index (κ1) is 13.9. The summed E-state index contributed by atoms with van der Waals surface area (Å²) in [4.78, 5) is 0. The van der Waals surface area contributed by atoms with Gasteiger partial charge in [-0.1, -0.05) is 48.5 Å². The molecule has 2 aromatic carbocycles. The molecule has 0 unspecified atom stereocenters. The summed E-state index contributed by atoms with van der Waals surface area (Å²) in [5, 5.41) is 24.6. The highest BCUT2D eigenvalue weighted by Crippen LogP contribution is 2.37. The van der Waals surface area contributed by atoms with E-state index < -0.39 is 17.5 Å². The summed E-state index contributed by atoms with van der Waals surface area (Å²) in [6, 6.07) is 15.7. The number of rotatable bonds is 2. The lowest BCUT2D eigenvalue weighted by Crippen LogP contribution is -2.65. The zero-order valence-corrected chi connectivity index (χ0v) is 12.3. The number of hydrogen-bond acceptors (Lipinski definition) is 4. The van der Waals surface area contributed by atoms with Crippen LogP contribution in [0.3, 0.4) is 0 Å². The molecule has 0 bridgehead atoms. The largest absolute Gasteiger partial charge is 0.389 e. The average molecular weight is 296 g/mol. The second-order valence-corrected chi connectivity index (χ2v) is 6.52. The first-order valence-electron chi connectivity index (χ1n) is 7.64. The first-order valence-corrected chi connectivity index (χ1v) is 7.64. The van der Waals surface area contributed by atoms with Gasteiger partial charge in [-0.05, 0) is 22.3 Å². The normalized spacial score (nSPS) is 28.4. The van der Waals surface area contributed by atoms with Crippen LogP contribution in [0.4, 0.5) is 0 Å². The van der Waals surface area contributed by atoms with Gasteiger partial charge >= 0.3 is 0 Å². The quantitative estimate of drug-likeness (QED) is 0.618. The Kier molecular flexibility index (Phi) is 2.93. The van der Waals surface area contributed by atoms with Crippen molar-refractivity contribution in [2.24, 2.45) is 5.73 Å². The molecular weight excluding hydrogens is 276 g/mol. The van der Waals surface area contributed by atoms with Crippen LogP contribution in [0.5, 0.6) is 0 Å². The lowest BCUT2D eigenvalue weighted by Gasteiger charge is -2.38. The topological polar surface area (TPSA) is 78.5 Å². The Morgan fingerprint density at radius 1 is 0.955 bits per heavy atom. The molecule has 114 valence electrons. The van der Waals surface area contributed by atoms with Gasteiger partial charge in [0.1, 0.15) is 11.4 Å². The van der Waals surface area contributed by atoms with Crippen LogP contribution in [-0.4, -0.2) is 22.0 Å². The van der Waals surface area contributed by atoms with Crippen molar-refractivity contribution in [2.75, 3.05) is 0 Å². The van der Waals surface area contributed by atoms with Gasteiger partial charge in [-0.15, -0.1) is 0 Å². The molecule has 0 saturated carbocycles. The fourth-order valence-electron chi connectivity index (χ4n) is 3.87. The second-order valence-electron chi connectivity index (χ2n) is 6.52. The Morgan fingerprint density at radius 2 is 1.50 bits per heavy atom. The van der Waals surface area contributed by atoms with E-state index in [4.69, 9.17) is 5.73 Å². The smallest absolute Gasteiger partial charge is 0.125 e. The molecule has 5 N–H and O–H groups in total. The van der Waals surface area contributed by atoms with Crippen molar-refractivity contribution in [3.8, 4) is 0 Å². The van der Waals surface area contributed by atoms with Crippen molar-refractivity contribution < 1.29 is 10.2 Å². The summed E-state index contributed by atoms with van der Waals surface area (Å²) in [5.74, 6) is 0. The third kappa shape index (κ3) is 2.00. The fraction of sp³-hybridized carbons (Fsp3) is 0.333. The van der Waals surface area contributed by atoms with Crippen LogP contribution in [0, 0.1) is 0 Å². The molecule has 0 amide bonds. The van der Waals surface area contributed by atoms with Crippen LogP contribution in [0.25, 0.3) is 0 Å². The van der Waals surface area contributed by atoms with Crippen molar-refractivity contribution >= 4 is 0 Å². The molecule has 0 fully saturated rings. The molecule has 4 heteroatoms. The van der Waals surface area contributed by atoms with Gasteiger partial charge in [-0.25, -0.2) is 0 Å². The van der Waals surface area contributed by atoms with E-state index in [9.17, 15) is 10.2 Å². The minimum Gasteiger partial charge on any atom is -0.389 e. The minimum absolute atomic E-state index is 0.497. The van der Waals surface area contributed by atoms with Gasteiger partial charge in [-0.3, -0.25) is 5.32 Å². The summed E-state index contributed by atoms with van der Waals surface area (Å²) < 4.78 is 0. The van der Waals surface area contributed by atoms with Gasteiger partial charge in [-0.2, -0.15) is 0 Å². The lowest BCUT2D eigenvalue weighted by atomic mass is 9.97. The van der Waals surface area contributed by atoms with E-state index in [0.29, 0.717) is 19.3 Å². The van der Waals surface area contributed by atoms with E-state index in [2.05, 4.69) is 5.32 Å². The Labute approximate surface area is 129 Å². The van der Waals surface area contributed by atoms with Crippen LogP contribution in [-0.2, 0) is 24.9 Å². The fourth-order valence-corrected chi connectivity index (χ4v) is 3.87. The molecule has 2 aliphatic carbocycles. The monoisotopic (exact) mass is 296 g/mol. The number of aliphatic hydroxyl groups excluding tert-OH is 1. The highest BCUT2D eigenvalue weighted by molar-refractivity contribution is 5.41. The molecule has 0 spiro atoms. The summed E-state index contributed by atoms with van der Waals surface area (Å²) in [6.07, 6.45) is 0.745. The lowest BCUT2D eigenvalue weighted by molar-refractivity contribution is -0.0489. The highest BCUT2D eigenvalue weighted by atomic mass is 16.3. The maximum absolute atomic E-state index is 11.0. The molecule has 4 nitrogen and oxygen atoms in total. The van der Waals surface area contributed by atoms with Gasteiger partial charge in [0.15, 0.2) is 0 Å². The molecule has 0 saturated heterocycles. The zero-order valence-electron chi connectivity index (χ0n) is 12.3. The predicted molar refractivity (Wildman–Crippen MR) is 84.0 cm³/mol. The molecule has 2 aromatic rings. The van der Waals surface area contributed by atoms with Crippen molar-refractivity contribution in [3.05, 3.63) is 70.8 Å². The first-order chi connectivity index (χ1) is 10.5. The predicted octanol–water partition coefficient (Wildman–Crippen LogP) is 0.792. The molecule has 0 radical (unpaired) electrons. The molecule has 0 heterocycles. The van der Waals surface area contributed by atoms with Crippen molar-refractivity contribution in [1.82, 2.24) is 5.32 Å². The SMILES string of the molecule is N[C@@]1(NC2(O)Cc3ccccc3C2)c2ccccc2C[C@@H]1O. The Morgan fingerprint density at radius 3 is 2.14 bits per heavy atom. The molecule has 2 aliphatic rings. The highest BCUT2D eigenvalue weighted by Gasteiger charge is 2.49. The van der Waals surface area contributed by atoms with Gasteiger partial charge in [0, 0.05) is 19.3 Å².